The van der Waals surface area contributed by atoms with Crippen LogP contribution < -0.4 is 10.2 Å². The predicted molar refractivity (Wildman–Crippen MR) is 118 cm³/mol. The summed E-state index contributed by atoms with van der Waals surface area (Å²) in [6.07, 6.45) is 1.59. The van der Waals surface area contributed by atoms with Gasteiger partial charge in [-0.25, -0.2) is 9.78 Å². The number of pyridine rings is 1. The maximum Gasteiger partial charge on any atom is 0.326 e. The molecule has 0 radical (unpaired) electrons. The van der Waals surface area contributed by atoms with Gasteiger partial charge in [-0.1, -0.05) is 48.0 Å². The summed E-state index contributed by atoms with van der Waals surface area (Å²) >= 11 is 0. The third-order valence-electron chi connectivity index (χ3n) is 5.23. The second kappa shape index (κ2) is 8.37. The first-order chi connectivity index (χ1) is 14.5. The Kier molecular flexibility index (Phi) is 5.48. The molecule has 1 aromatic heterocycles. The Labute approximate surface area is 176 Å². The largest absolute Gasteiger partial charge is 0.326 e. The SMILES string of the molecule is Cc1ccc(C)c(C(=O)Nc2ccc(N3CCN(Cc4ccccc4)C3=O)nc2)c1. The maximum absolute atomic E-state index is 12.8. The van der Waals surface area contributed by atoms with Gasteiger partial charge in [0.1, 0.15) is 5.82 Å². The van der Waals surface area contributed by atoms with E-state index >= 15 is 0 Å². The van der Waals surface area contributed by atoms with Crippen molar-refractivity contribution in [2.24, 2.45) is 0 Å². The van der Waals surface area contributed by atoms with E-state index in [1.54, 1.807) is 23.2 Å². The minimum atomic E-state index is -0.169. The highest BCUT2D eigenvalue weighted by Gasteiger charge is 2.30. The van der Waals surface area contributed by atoms with Gasteiger partial charge in [-0.2, -0.15) is 0 Å². The van der Waals surface area contributed by atoms with E-state index in [0.29, 0.717) is 36.7 Å². The lowest BCUT2D eigenvalue weighted by Gasteiger charge is -2.18. The molecular weight excluding hydrogens is 376 g/mol. The van der Waals surface area contributed by atoms with Crippen molar-refractivity contribution >= 4 is 23.4 Å². The third-order valence-corrected chi connectivity index (χ3v) is 5.23. The number of carbonyl (C=O) groups is 2. The highest BCUT2D eigenvalue weighted by atomic mass is 16.2. The zero-order valence-corrected chi connectivity index (χ0v) is 17.1. The number of anilines is 2. The van der Waals surface area contributed by atoms with Crippen LogP contribution in [0.15, 0.2) is 66.9 Å². The summed E-state index contributed by atoms with van der Waals surface area (Å²) < 4.78 is 0. The first-order valence-corrected chi connectivity index (χ1v) is 9.96. The van der Waals surface area contributed by atoms with Crippen LogP contribution in [0.1, 0.15) is 27.0 Å². The van der Waals surface area contributed by atoms with E-state index in [1.807, 2.05) is 67.3 Å². The summed E-state index contributed by atoms with van der Waals surface area (Å²) in [5, 5.41) is 2.88. The Morgan fingerprint density at radius 2 is 1.83 bits per heavy atom. The number of amides is 3. The van der Waals surface area contributed by atoms with Gasteiger partial charge < -0.3 is 10.2 Å². The Morgan fingerprint density at radius 1 is 1.03 bits per heavy atom. The zero-order valence-electron chi connectivity index (χ0n) is 17.1. The number of aromatic nitrogens is 1. The summed E-state index contributed by atoms with van der Waals surface area (Å²) in [5.74, 6) is 0.414. The molecule has 1 aliphatic heterocycles. The second-order valence-electron chi connectivity index (χ2n) is 7.52. The van der Waals surface area contributed by atoms with Crippen molar-refractivity contribution < 1.29 is 9.59 Å². The van der Waals surface area contributed by atoms with E-state index in [9.17, 15) is 9.59 Å². The van der Waals surface area contributed by atoms with Gasteiger partial charge >= 0.3 is 6.03 Å². The molecule has 0 aliphatic carbocycles. The fourth-order valence-electron chi connectivity index (χ4n) is 3.54. The molecule has 0 unspecified atom stereocenters. The van der Waals surface area contributed by atoms with Crippen LogP contribution in [0, 0.1) is 13.8 Å². The number of hydrogen-bond acceptors (Lipinski definition) is 3. The average molecular weight is 400 g/mol. The van der Waals surface area contributed by atoms with Crippen LogP contribution in [0.3, 0.4) is 0 Å². The topological polar surface area (TPSA) is 65.5 Å². The predicted octanol–water partition coefficient (Wildman–Crippen LogP) is 4.39. The second-order valence-corrected chi connectivity index (χ2v) is 7.52. The van der Waals surface area contributed by atoms with Crippen molar-refractivity contribution in [2.45, 2.75) is 20.4 Å². The molecule has 2 heterocycles. The van der Waals surface area contributed by atoms with E-state index in [2.05, 4.69) is 10.3 Å². The molecule has 6 heteroatoms. The van der Waals surface area contributed by atoms with Crippen LogP contribution in [0.4, 0.5) is 16.3 Å². The van der Waals surface area contributed by atoms with Gasteiger partial charge in [-0.05, 0) is 43.2 Å². The van der Waals surface area contributed by atoms with E-state index in [-0.39, 0.29) is 11.9 Å². The van der Waals surface area contributed by atoms with Crippen LogP contribution >= 0.6 is 0 Å². The number of aryl methyl sites for hydroxylation is 2. The molecule has 152 valence electrons. The standard InChI is InChI=1S/C24H24N4O2/c1-17-8-9-18(2)21(14-17)23(29)26-20-10-11-22(25-15-20)28-13-12-27(24(28)30)16-19-6-4-3-5-7-19/h3-11,14-15H,12-13,16H2,1-2H3,(H,26,29). The summed E-state index contributed by atoms with van der Waals surface area (Å²) in [4.78, 5) is 33.2. The van der Waals surface area contributed by atoms with Crippen LogP contribution in [0.25, 0.3) is 0 Å². The number of rotatable bonds is 5. The Bertz CT molecular complexity index is 1060. The molecule has 30 heavy (non-hydrogen) atoms. The minimum Gasteiger partial charge on any atom is -0.321 e. The van der Waals surface area contributed by atoms with E-state index < -0.39 is 0 Å². The van der Waals surface area contributed by atoms with Gasteiger partial charge in [0.05, 0.1) is 11.9 Å². The van der Waals surface area contributed by atoms with E-state index in [0.717, 1.165) is 16.7 Å². The van der Waals surface area contributed by atoms with Crippen molar-refractivity contribution in [2.75, 3.05) is 23.3 Å². The normalized spacial score (nSPS) is 13.6. The van der Waals surface area contributed by atoms with Gasteiger partial charge in [0.15, 0.2) is 0 Å². The molecule has 1 saturated heterocycles. The molecule has 1 N–H and O–H groups in total. The lowest BCUT2D eigenvalue weighted by Crippen LogP contribution is -2.31. The van der Waals surface area contributed by atoms with Crippen LogP contribution in [0.5, 0.6) is 0 Å². The monoisotopic (exact) mass is 400 g/mol. The molecule has 0 bridgehead atoms. The van der Waals surface area contributed by atoms with Gasteiger partial charge in [0.2, 0.25) is 0 Å². The number of hydrogen-bond donors (Lipinski definition) is 1. The molecule has 2 aromatic carbocycles. The number of nitrogens with one attached hydrogen (secondary N) is 1. The number of benzene rings is 2. The smallest absolute Gasteiger partial charge is 0.321 e. The Balaban J connectivity index is 1.42. The van der Waals surface area contributed by atoms with Crippen LogP contribution in [-0.4, -0.2) is 34.9 Å². The quantitative estimate of drug-likeness (QED) is 0.691. The van der Waals surface area contributed by atoms with Gasteiger partial charge in [0, 0.05) is 25.2 Å². The number of carbonyl (C=O) groups excluding carboxylic acids is 2. The van der Waals surface area contributed by atoms with Crippen molar-refractivity contribution in [3.8, 4) is 0 Å². The first kappa shape index (κ1) is 19.6. The van der Waals surface area contributed by atoms with Crippen molar-refractivity contribution in [1.29, 1.82) is 0 Å². The minimum absolute atomic E-state index is 0.0569. The van der Waals surface area contributed by atoms with E-state index in [1.165, 1.54) is 0 Å². The highest BCUT2D eigenvalue weighted by Crippen LogP contribution is 2.22. The first-order valence-electron chi connectivity index (χ1n) is 9.96. The summed E-state index contributed by atoms with van der Waals surface area (Å²) in [6, 6.07) is 19.2. The third kappa shape index (κ3) is 4.17. The lowest BCUT2D eigenvalue weighted by molar-refractivity contribution is 0.102. The van der Waals surface area contributed by atoms with Crippen molar-refractivity contribution in [3.63, 3.8) is 0 Å². The maximum atomic E-state index is 12.8. The van der Waals surface area contributed by atoms with Crippen LogP contribution in [0.2, 0.25) is 0 Å². The molecule has 4 rings (SSSR count). The fraction of sp³-hybridized carbons (Fsp3) is 0.208. The van der Waals surface area contributed by atoms with Gasteiger partial charge in [0.25, 0.3) is 5.91 Å². The Hall–Kier alpha value is -3.67. The van der Waals surface area contributed by atoms with E-state index in [4.69, 9.17) is 0 Å². The molecule has 0 saturated carbocycles. The summed E-state index contributed by atoms with van der Waals surface area (Å²) in [5.41, 5.74) is 4.30. The molecule has 1 aliphatic rings. The zero-order chi connectivity index (χ0) is 21.1. The molecule has 3 amide bonds. The fourth-order valence-corrected chi connectivity index (χ4v) is 3.54. The van der Waals surface area contributed by atoms with Crippen LogP contribution in [-0.2, 0) is 6.54 Å². The van der Waals surface area contributed by atoms with Crippen molar-refractivity contribution in [1.82, 2.24) is 9.88 Å². The highest BCUT2D eigenvalue weighted by molar-refractivity contribution is 6.05. The number of nitrogens with zero attached hydrogens (tertiary/aromatic N) is 3. The summed E-state index contributed by atoms with van der Waals surface area (Å²) in [7, 11) is 0. The molecule has 6 nitrogen and oxygen atoms in total. The van der Waals surface area contributed by atoms with Crippen molar-refractivity contribution in [3.05, 3.63) is 89.1 Å². The lowest BCUT2D eigenvalue weighted by atomic mass is 10.1. The molecule has 1 fully saturated rings. The van der Waals surface area contributed by atoms with Gasteiger partial charge in [-0.3, -0.25) is 9.69 Å². The molecule has 0 spiro atoms. The van der Waals surface area contributed by atoms with Gasteiger partial charge in [-0.15, -0.1) is 0 Å². The molecule has 3 aromatic rings. The Morgan fingerprint density at radius 3 is 2.57 bits per heavy atom. The number of urea groups is 1. The molecule has 0 atom stereocenters. The molecular formula is C24H24N4O2. The summed E-state index contributed by atoms with van der Waals surface area (Å²) in [6.45, 7) is 5.70. The average Bonchev–Trinajstić information content (AvgIpc) is 3.11.